The van der Waals surface area contributed by atoms with Crippen LogP contribution in [0, 0.1) is 23.2 Å². The van der Waals surface area contributed by atoms with Crippen LogP contribution in [-0.4, -0.2) is 22.4 Å². The lowest BCUT2D eigenvalue weighted by atomic mass is 9.60. The highest BCUT2D eigenvalue weighted by atomic mass is 16.3. The first kappa shape index (κ1) is 21.8. The van der Waals surface area contributed by atoms with Gasteiger partial charge in [0.2, 0.25) is 0 Å². The van der Waals surface area contributed by atoms with Crippen LogP contribution in [0.2, 0.25) is 0 Å². The van der Waals surface area contributed by atoms with Crippen LogP contribution in [0.4, 0.5) is 0 Å². The van der Waals surface area contributed by atoms with Gasteiger partial charge in [-0.05, 0) is 73.7 Å². The van der Waals surface area contributed by atoms with Crippen molar-refractivity contribution < 1.29 is 10.2 Å². The summed E-state index contributed by atoms with van der Waals surface area (Å²) in [6.45, 7) is 11.2. The second-order valence-corrected chi connectivity index (χ2v) is 10.2. The molecular weight excluding hydrogens is 344 g/mol. The summed E-state index contributed by atoms with van der Waals surface area (Å²) < 4.78 is 0. The van der Waals surface area contributed by atoms with Gasteiger partial charge in [-0.25, -0.2) is 0 Å². The molecule has 0 aromatic rings. The Balaban J connectivity index is 1.70. The zero-order chi connectivity index (χ0) is 20.3. The molecule has 158 valence electrons. The standard InChI is InChI=1S/C26H42O2/c1-5-6-7-9-18(2)22-13-14-23-21(10-8-15-26(22,23)4)12-11-20-16-24(27)19(3)25(28)17-20/h11-12,18,22-25,27-28H,3,5-10,13-17H2,1-2,4H3/t18-,22?,23?,24+,25+,26+/m0/s1. The van der Waals surface area contributed by atoms with Crippen LogP contribution in [0.5, 0.6) is 0 Å². The highest BCUT2D eigenvalue weighted by Gasteiger charge is 2.50. The van der Waals surface area contributed by atoms with E-state index in [0.29, 0.717) is 23.8 Å². The molecule has 3 fully saturated rings. The van der Waals surface area contributed by atoms with Crippen LogP contribution < -0.4 is 0 Å². The highest BCUT2D eigenvalue weighted by molar-refractivity contribution is 5.29. The van der Waals surface area contributed by atoms with Gasteiger partial charge >= 0.3 is 0 Å². The average Bonchev–Trinajstić information content (AvgIpc) is 3.02. The maximum atomic E-state index is 10.1. The summed E-state index contributed by atoms with van der Waals surface area (Å²) >= 11 is 0. The Hall–Kier alpha value is -0.860. The molecule has 0 spiro atoms. The van der Waals surface area contributed by atoms with E-state index in [1.54, 1.807) is 5.57 Å². The minimum Gasteiger partial charge on any atom is -0.388 e. The monoisotopic (exact) mass is 386 g/mol. The number of aliphatic hydroxyl groups excluding tert-OH is 2. The quantitative estimate of drug-likeness (QED) is 0.413. The number of hydrogen-bond donors (Lipinski definition) is 2. The molecule has 0 aliphatic heterocycles. The zero-order valence-electron chi connectivity index (χ0n) is 18.4. The minimum absolute atomic E-state index is 0.466. The molecule has 2 nitrogen and oxygen atoms in total. The third-order valence-electron chi connectivity index (χ3n) is 8.29. The molecule has 0 aromatic carbocycles. The normalized spacial score (nSPS) is 38.5. The highest BCUT2D eigenvalue weighted by Crippen LogP contribution is 2.59. The van der Waals surface area contributed by atoms with Gasteiger partial charge < -0.3 is 10.2 Å². The number of unbranched alkanes of at least 4 members (excludes halogenated alkanes) is 2. The van der Waals surface area contributed by atoms with E-state index in [2.05, 4.69) is 39.5 Å². The Kier molecular flexibility index (Phi) is 7.26. The molecule has 3 aliphatic rings. The number of fused-ring (bicyclic) bond motifs is 1. The lowest BCUT2D eigenvalue weighted by Gasteiger charge is -2.44. The van der Waals surface area contributed by atoms with Gasteiger partial charge in [-0.2, -0.15) is 0 Å². The number of rotatable bonds is 6. The molecule has 3 aliphatic carbocycles. The fourth-order valence-corrected chi connectivity index (χ4v) is 6.56. The van der Waals surface area contributed by atoms with E-state index in [4.69, 9.17) is 0 Å². The van der Waals surface area contributed by atoms with E-state index in [1.807, 2.05) is 0 Å². The van der Waals surface area contributed by atoms with Gasteiger partial charge in [0, 0.05) is 0 Å². The van der Waals surface area contributed by atoms with E-state index >= 15 is 0 Å². The zero-order valence-corrected chi connectivity index (χ0v) is 18.4. The SMILES string of the molecule is C=C1[C@H](O)CC(=CC=C2CCC[C@@]3(C)C2CCC3[C@@H](C)CCCCC)C[C@H]1O. The first-order valence-corrected chi connectivity index (χ1v) is 11.8. The maximum Gasteiger partial charge on any atom is 0.0809 e. The van der Waals surface area contributed by atoms with Gasteiger partial charge in [-0.3, -0.25) is 0 Å². The molecule has 2 N–H and O–H groups in total. The lowest BCUT2D eigenvalue weighted by molar-refractivity contribution is 0.0932. The van der Waals surface area contributed by atoms with E-state index < -0.39 is 12.2 Å². The molecule has 0 amide bonds. The molecule has 0 saturated heterocycles. The first-order chi connectivity index (χ1) is 13.4. The van der Waals surface area contributed by atoms with Gasteiger partial charge in [-0.1, -0.05) is 76.3 Å². The molecule has 0 aromatic heterocycles. The average molecular weight is 387 g/mol. The molecule has 28 heavy (non-hydrogen) atoms. The van der Waals surface area contributed by atoms with E-state index in [-0.39, 0.29) is 0 Å². The fourth-order valence-electron chi connectivity index (χ4n) is 6.56. The lowest BCUT2D eigenvalue weighted by Crippen LogP contribution is -2.36. The van der Waals surface area contributed by atoms with Crippen molar-refractivity contribution in [2.24, 2.45) is 23.2 Å². The topological polar surface area (TPSA) is 40.5 Å². The second kappa shape index (κ2) is 9.30. The van der Waals surface area contributed by atoms with Crippen LogP contribution in [0.15, 0.2) is 35.5 Å². The predicted octanol–water partition coefficient (Wildman–Crippen LogP) is 6.34. The summed E-state index contributed by atoms with van der Waals surface area (Å²) in [5.74, 6) is 2.44. The molecule has 2 unspecified atom stereocenters. The summed E-state index contributed by atoms with van der Waals surface area (Å²) in [6.07, 6.45) is 16.7. The molecular formula is C26H42O2. The first-order valence-electron chi connectivity index (χ1n) is 11.8. The molecule has 0 radical (unpaired) electrons. The fraction of sp³-hybridized carbons (Fsp3) is 0.769. The molecule has 0 heterocycles. The van der Waals surface area contributed by atoms with Crippen LogP contribution in [0.25, 0.3) is 0 Å². The van der Waals surface area contributed by atoms with Gasteiger partial charge in [0.05, 0.1) is 12.2 Å². The Morgan fingerprint density at radius 3 is 2.54 bits per heavy atom. The molecule has 6 atom stereocenters. The van der Waals surface area contributed by atoms with Gasteiger partial charge in [0.1, 0.15) is 0 Å². The predicted molar refractivity (Wildman–Crippen MR) is 118 cm³/mol. The van der Waals surface area contributed by atoms with Crippen LogP contribution in [0.1, 0.15) is 91.4 Å². The number of hydrogen-bond acceptors (Lipinski definition) is 2. The van der Waals surface area contributed by atoms with Crippen LogP contribution >= 0.6 is 0 Å². The Labute approximate surface area is 172 Å². The van der Waals surface area contributed by atoms with Gasteiger partial charge in [0.25, 0.3) is 0 Å². The summed E-state index contributed by atoms with van der Waals surface area (Å²) in [5, 5.41) is 20.2. The van der Waals surface area contributed by atoms with Crippen molar-refractivity contribution in [3.05, 3.63) is 35.5 Å². The Morgan fingerprint density at radius 2 is 1.86 bits per heavy atom. The minimum atomic E-state index is -0.593. The van der Waals surface area contributed by atoms with Gasteiger partial charge in [-0.15, -0.1) is 0 Å². The van der Waals surface area contributed by atoms with Crippen molar-refractivity contribution in [2.75, 3.05) is 0 Å². The Bertz CT molecular complexity index is 600. The maximum absolute atomic E-state index is 10.1. The third kappa shape index (κ3) is 4.49. The summed E-state index contributed by atoms with van der Waals surface area (Å²) in [4.78, 5) is 0. The Morgan fingerprint density at radius 1 is 1.14 bits per heavy atom. The molecule has 2 heteroatoms. The molecule has 0 bridgehead atoms. The van der Waals surface area contributed by atoms with Crippen molar-refractivity contribution in [2.45, 2.75) is 104 Å². The third-order valence-corrected chi connectivity index (χ3v) is 8.29. The van der Waals surface area contributed by atoms with Gasteiger partial charge in [0.15, 0.2) is 0 Å². The second-order valence-electron chi connectivity index (χ2n) is 10.2. The summed E-state index contributed by atoms with van der Waals surface area (Å²) in [6, 6.07) is 0. The summed E-state index contributed by atoms with van der Waals surface area (Å²) in [5.41, 5.74) is 3.83. The van der Waals surface area contributed by atoms with Crippen molar-refractivity contribution in [3.8, 4) is 0 Å². The van der Waals surface area contributed by atoms with Crippen molar-refractivity contribution in [1.82, 2.24) is 0 Å². The number of allylic oxidation sites excluding steroid dienone is 3. The van der Waals surface area contributed by atoms with Crippen LogP contribution in [-0.2, 0) is 0 Å². The van der Waals surface area contributed by atoms with E-state index in [1.165, 1.54) is 57.8 Å². The summed E-state index contributed by atoms with van der Waals surface area (Å²) in [7, 11) is 0. The van der Waals surface area contributed by atoms with Crippen molar-refractivity contribution >= 4 is 0 Å². The largest absolute Gasteiger partial charge is 0.388 e. The van der Waals surface area contributed by atoms with Crippen molar-refractivity contribution in [1.29, 1.82) is 0 Å². The van der Waals surface area contributed by atoms with Crippen molar-refractivity contribution in [3.63, 3.8) is 0 Å². The van der Waals surface area contributed by atoms with Crippen LogP contribution in [0.3, 0.4) is 0 Å². The smallest absolute Gasteiger partial charge is 0.0809 e. The van der Waals surface area contributed by atoms with E-state index in [9.17, 15) is 10.2 Å². The number of aliphatic hydroxyl groups is 2. The van der Waals surface area contributed by atoms with E-state index in [0.717, 1.165) is 23.3 Å². The molecule has 3 rings (SSSR count). The molecule has 3 saturated carbocycles.